The molecule has 26 heavy (non-hydrogen) atoms. The van der Waals surface area contributed by atoms with Crippen molar-refractivity contribution in [1.29, 1.82) is 0 Å². The van der Waals surface area contributed by atoms with Gasteiger partial charge in [0.15, 0.2) is 0 Å². The first-order chi connectivity index (χ1) is 12.7. The second kappa shape index (κ2) is 6.78. The summed E-state index contributed by atoms with van der Waals surface area (Å²) in [5.41, 5.74) is 3.63. The van der Waals surface area contributed by atoms with E-state index in [4.69, 9.17) is 10.8 Å². The third kappa shape index (κ3) is 2.94. The van der Waals surface area contributed by atoms with Crippen molar-refractivity contribution < 1.29 is 4.79 Å². The molecule has 0 spiro atoms. The summed E-state index contributed by atoms with van der Waals surface area (Å²) in [7, 11) is 0. The minimum Gasteiger partial charge on any atom is -0.267 e. The fourth-order valence-electron chi connectivity index (χ4n) is 2.94. The zero-order chi connectivity index (χ0) is 17.9. The van der Waals surface area contributed by atoms with E-state index in [1.165, 1.54) is 5.01 Å². The number of fused-ring (bicyclic) bond motifs is 1. The van der Waals surface area contributed by atoms with Crippen molar-refractivity contribution in [2.45, 2.75) is 0 Å². The number of anilines is 1. The highest BCUT2D eigenvalue weighted by molar-refractivity contribution is 6.13. The Bertz CT molecular complexity index is 1060. The van der Waals surface area contributed by atoms with Crippen LogP contribution in [-0.2, 0) is 0 Å². The van der Waals surface area contributed by atoms with Crippen LogP contribution >= 0.6 is 0 Å². The van der Waals surface area contributed by atoms with Gasteiger partial charge in [-0.2, -0.15) is 0 Å². The van der Waals surface area contributed by atoms with Crippen LogP contribution in [0, 0.1) is 0 Å². The molecule has 0 bridgehead atoms. The molecule has 4 rings (SSSR count). The van der Waals surface area contributed by atoms with E-state index in [9.17, 15) is 4.79 Å². The Kier molecular flexibility index (Phi) is 4.17. The smallest absolute Gasteiger partial charge is 0.267 e. The Morgan fingerprint density at radius 1 is 0.808 bits per heavy atom. The van der Waals surface area contributed by atoms with E-state index in [2.05, 4.69) is 0 Å². The van der Waals surface area contributed by atoms with Crippen LogP contribution in [-0.4, -0.2) is 10.9 Å². The van der Waals surface area contributed by atoms with E-state index in [0.29, 0.717) is 11.3 Å². The molecule has 0 radical (unpaired) electrons. The summed E-state index contributed by atoms with van der Waals surface area (Å²) in [6, 6.07) is 28.4. The largest absolute Gasteiger partial charge is 0.273 e. The number of amides is 1. The lowest BCUT2D eigenvalue weighted by atomic mass is 10.0. The number of rotatable bonds is 3. The molecular formula is C22H17N3O. The van der Waals surface area contributed by atoms with Gasteiger partial charge in [0.05, 0.1) is 22.5 Å². The van der Waals surface area contributed by atoms with Crippen molar-refractivity contribution in [3.05, 3.63) is 96.6 Å². The first-order valence-corrected chi connectivity index (χ1v) is 8.33. The maximum Gasteiger partial charge on any atom is 0.273 e. The van der Waals surface area contributed by atoms with E-state index in [0.717, 1.165) is 22.2 Å². The lowest BCUT2D eigenvalue weighted by Crippen LogP contribution is -2.37. The molecule has 1 amide bonds. The summed E-state index contributed by atoms with van der Waals surface area (Å²) in [5.74, 6) is 5.84. The number of carbonyl (C=O) groups is 1. The quantitative estimate of drug-likeness (QED) is 0.341. The van der Waals surface area contributed by atoms with E-state index in [1.54, 1.807) is 12.1 Å². The fourth-order valence-corrected chi connectivity index (χ4v) is 2.94. The van der Waals surface area contributed by atoms with Crippen molar-refractivity contribution >= 4 is 22.5 Å². The Morgan fingerprint density at radius 3 is 2.15 bits per heavy atom. The molecule has 0 saturated carbocycles. The number of benzene rings is 3. The standard InChI is InChI=1S/C22H17N3O/c23-25(17-11-5-2-6-12-17)22(26)19-15-21(16-9-3-1-4-10-16)24-20-14-8-7-13-18(19)20/h1-15H,23H2. The van der Waals surface area contributed by atoms with Crippen LogP contribution in [0.25, 0.3) is 22.2 Å². The third-order valence-electron chi connectivity index (χ3n) is 4.27. The molecule has 4 heteroatoms. The Hall–Kier alpha value is -3.50. The monoisotopic (exact) mass is 339 g/mol. The van der Waals surface area contributed by atoms with Crippen LogP contribution in [0.15, 0.2) is 91.0 Å². The Balaban J connectivity index is 1.87. The number of pyridine rings is 1. The molecule has 0 aliphatic heterocycles. The summed E-state index contributed by atoms with van der Waals surface area (Å²) >= 11 is 0. The van der Waals surface area contributed by atoms with E-state index >= 15 is 0 Å². The molecule has 4 nitrogen and oxygen atoms in total. The minimum atomic E-state index is -0.271. The molecule has 3 aromatic carbocycles. The molecule has 0 aliphatic carbocycles. The summed E-state index contributed by atoms with van der Waals surface area (Å²) in [5, 5.41) is 1.96. The molecule has 126 valence electrons. The Labute approximate surface area is 151 Å². The second-order valence-corrected chi connectivity index (χ2v) is 5.95. The van der Waals surface area contributed by atoms with Gasteiger partial charge in [0.25, 0.3) is 5.91 Å². The molecule has 4 aromatic rings. The summed E-state index contributed by atoms with van der Waals surface area (Å²) in [6.07, 6.45) is 0. The predicted molar refractivity (Wildman–Crippen MR) is 105 cm³/mol. The number of nitrogens with two attached hydrogens (primary N) is 1. The lowest BCUT2D eigenvalue weighted by molar-refractivity contribution is 0.0988. The van der Waals surface area contributed by atoms with Gasteiger partial charge in [-0.3, -0.25) is 4.79 Å². The normalized spacial score (nSPS) is 10.7. The summed E-state index contributed by atoms with van der Waals surface area (Å²) in [6.45, 7) is 0. The van der Waals surface area contributed by atoms with Crippen LogP contribution in [0.1, 0.15) is 10.4 Å². The number of hydrogen-bond acceptors (Lipinski definition) is 3. The van der Waals surface area contributed by atoms with Crippen LogP contribution in [0.2, 0.25) is 0 Å². The summed E-state index contributed by atoms with van der Waals surface area (Å²) < 4.78 is 0. The number of carbonyl (C=O) groups excluding carboxylic acids is 1. The third-order valence-corrected chi connectivity index (χ3v) is 4.27. The fraction of sp³-hybridized carbons (Fsp3) is 0. The van der Waals surface area contributed by atoms with Gasteiger partial charge in [-0.15, -0.1) is 0 Å². The van der Waals surface area contributed by atoms with Crippen LogP contribution < -0.4 is 10.9 Å². The average Bonchev–Trinajstić information content (AvgIpc) is 2.73. The number of hydrazine groups is 1. The van der Waals surface area contributed by atoms with Gasteiger partial charge in [-0.1, -0.05) is 66.7 Å². The average molecular weight is 339 g/mol. The van der Waals surface area contributed by atoms with Crippen molar-refractivity contribution in [3.63, 3.8) is 0 Å². The lowest BCUT2D eigenvalue weighted by Gasteiger charge is -2.18. The molecule has 0 aliphatic rings. The molecule has 0 fully saturated rings. The van der Waals surface area contributed by atoms with E-state index < -0.39 is 0 Å². The van der Waals surface area contributed by atoms with Gasteiger partial charge in [-0.25, -0.2) is 15.8 Å². The predicted octanol–water partition coefficient (Wildman–Crippen LogP) is 4.42. The number of aromatic nitrogens is 1. The van der Waals surface area contributed by atoms with Gasteiger partial charge in [0.1, 0.15) is 0 Å². The molecular weight excluding hydrogens is 322 g/mol. The number of nitrogens with zero attached hydrogens (tertiary/aromatic N) is 2. The number of para-hydroxylation sites is 2. The molecule has 2 N–H and O–H groups in total. The topological polar surface area (TPSA) is 59.2 Å². The SMILES string of the molecule is NN(C(=O)c1cc(-c2ccccc2)nc2ccccc12)c1ccccc1. The number of hydrogen-bond donors (Lipinski definition) is 1. The van der Waals surface area contributed by atoms with Crippen LogP contribution in [0.3, 0.4) is 0 Å². The van der Waals surface area contributed by atoms with Crippen molar-refractivity contribution in [2.24, 2.45) is 5.84 Å². The minimum absolute atomic E-state index is 0.271. The highest BCUT2D eigenvalue weighted by Crippen LogP contribution is 2.26. The van der Waals surface area contributed by atoms with Crippen molar-refractivity contribution in [3.8, 4) is 11.3 Å². The Morgan fingerprint density at radius 2 is 1.42 bits per heavy atom. The van der Waals surface area contributed by atoms with Crippen LogP contribution in [0.4, 0.5) is 5.69 Å². The first kappa shape index (κ1) is 16.0. The van der Waals surface area contributed by atoms with Gasteiger partial charge in [0, 0.05) is 10.9 Å². The van der Waals surface area contributed by atoms with E-state index in [1.807, 2.05) is 78.9 Å². The second-order valence-electron chi connectivity index (χ2n) is 5.95. The zero-order valence-electron chi connectivity index (χ0n) is 14.0. The summed E-state index contributed by atoms with van der Waals surface area (Å²) in [4.78, 5) is 17.8. The van der Waals surface area contributed by atoms with Gasteiger partial charge < -0.3 is 0 Å². The highest BCUT2D eigenvalue weighted by atomic mass is 16.2. The van der Waals surface area contributed by atoms with Gasteiger partial charge in [-0.05, 0) is 24.3 Å². The molecule has 0 atom stereocenters. The molecule has 0 unspecified atom stereocenters. The van der Waals surface area contributed by atoms with Crippen molar-refractivity contribution in [2.75, 3.05) is 5.01 Å². The van der Waals surface area contributed by atoms with Gasteiger partial charge in [0.2, 0.25) is 0 Å². The molecule has 1 heterocycles. The maximum atomic E-state index is 13.1. The maximum absolute atomic E-state index is 13.1. The van der Waals surface area contributed by atoms with Crippen molar-refractivity contribution in [1.82, 2.24) is 4.98 Å². The van der Waals surface area contributed by atoms with Gasteiger partial charge >= 0.3 is 0 Å². The molecule has 1 aromatic heterocycles. The zero-order valence-corrected chi connectivity index (χ0v) is 14.0. The highest BCUT2D eigenvalue weighted by Gasteiger charge is 2.19. The molecule has 0 saturated heterocycles. The van der Waals surface area contributed by atoms with E-state index in [-0.39, 0.29) is 5.91 Å². The first-order valence-electron chi connectivity index (χ1n) is 8.33. The van der Waals surface area contributed by atoms with Crippen LogP contribution in [0.5, 0.6) is 0 Å².